The Bertz CT molecular complexity index is 736. The Morgan fingerprint density at radius 2 is 2.04 bits per heavy atom. The van der Waals surface area contributed by atoms with E-state index in [-0.39, 0.29) is 11.9 Å². The predicted octanol–water partition coefficient (Wildman–Crippen LogP) is 3.93. The first-order chi connectivity index (χ1) is 12.6. The largest absolute Gasteiger partial charge is 0.508 e. The molecule has 1 fully saturated rings. The van der Waals surface area contributed by atoms with Crippen molar-refractivity contribution < 1.29 is 9.90 Å². The van der Waals surface area contributed by atoms with Gasteiger partial charge in [-0.15, -0.1) is 0 Å². The lowest BCUT2D eigenvalue weighted by Gasteiger charge is -2.36. The van der Waals surface area contributed by atoms with Crippen molar-refractivity contribution in [2.24, 2.45) is 0 Å². The zero-order valence-electron chi connectivity index (χ0n) is 15.8. The number of carbonyl (C=O) groups excluding carboxylic acids is 1. The van der Waals surface area contributed by atoms with Crippen LogP contribution in [0.15, 0.2) is 30.5 Å². The summed E-state index contributed by atoms with van der Waals surface area (Å²) in [5.74, 6) is 0.419. The van der Waals surface area contributed by atoms with Gasteiger partial charge in [0, 0.05) is 25.3 Å². The molecule has 0 bridgehead atoms. The highest BCUT2D eigenvalue weighted by atomic mass is 16.3. The highest BCUT2D eigenvalue weighted by Crippen LogP contribution is 2.24. The summed E-state index contributed by atoms with van der Waals surface area (Å²) in [6, 6.07) is 7.65. The summed E-state index contributed by atoms with van der Waals surface area (Å²) in [6.07, 6.45) is 8.11. The van der Waals surface area contributed by atoms with Crippen LogP contribution in [0, 0.1) is 6.92 Å². The Kier molecular flexibility index (Phi) is 5.96. The van der Waals surface area contributed by atoms with Gasteiger partial charge in [-0.05, 0) is 63.1 Å². The molecule has 0 saturated carbocycles. The maximum atomic E-state index is 13.1. The lowest BCUT2D eigenvalue weighted by molar-refractivity contribution is 0.0601. The zero-order chi connectivity index (χ0) is 18.5. The number of phenolic OH excluding ortho intramolecular Hbond substituents is 1. The molecule has 1 aromatic heterocycles. The number of rotatable bonds is 6. The number of likely N-dealkylation sites (tertiary alicyclic amines) is 1. The number of aryl methyl sites for hydroxylation is 3. The minimum Gasteiger partial charge on any atom is -0.508 e. The van der Waals surface area contributed by atoms with Gasteiger partial charge in [0.15, 0.2) is 0 Å². The van der Waals surface area contributed by atoms with Crippen molar-refractivity contribution in [1.82, 2.24) is 14.7 Å². The molecule has 1 N–H and O–H groups in total. The van der Waals surface area contributed by atoms with Crippen molar-refractivity contribution in [2.45, 2.75) is 65.0 Å². The number of amides is 1. The molecule has 1 amide bonds. The van der Waals surface area contributed by atoms with Gasteiger partial charge >= 0.3 is 0 Å². The Balaban J connectivity index is 1.69. The summed E-state index contributed by atoms with van der Waals surface area (Å²) in [5.41, 5.74) is 2.77. The maximum absolute atomic E-state index is 13.1. The molecule has 0 radical (unpaired) electrons. The number of aromatic nitrogens is 2. The quantitative estimate of drug-likeness (QED) is 0.854. The Morgan fingerprint density at radius 3 is 2.77 bits per heavy atom. The third-order valence-corrected chi connectivity index (χ3v) is 5.22. The number of nitrogens with zero attached hydrogens (tertiary/aromatic N) is 3. The van der Waals surface area contributed by atoms with E-state index >= 15 is 0 Å². The molecule has 0 aliphatic carbocycles. The van der Waals surface area contributed by atoms with E-state index in [2.05, 4.69) is 16.9 Å². The fraction of sp³-hybridized carbons (Fsp3) is 0.524. The molecule has 1 aliphatic heterocycles. The van der Waals surface area contributed by atoms with Crippen LogP contribution in [0.4, 0.5) is 0 Å². The van der Waals surface area contributed by atoms with Gasteiger partial charge in [-0.3, -0.25) is 9.48 Å². The number of benzene rings is 1. The smallest absolute Gasteiger partial charge is 0.257 e. The predicted molar refractivity (Wildman–Crippen MR) is 102 cm³/mol. The molecule has 1 aliphatic rings. The van der Waals surface area contributed by atoms with Crippen LogP contribution < -0.4 is 0 Å². The fourth-order valence-electron chi connectivity index (χ4n) is 3.79. The second-order valence-corrected chi connectivity index (χ2v) is 7.24. The molecule has 1 unspecified atom stereocenters. The molecule has 1 saturated heterocycles. The molecule has 140 valence electrons. The summed E-state index contributed by atoms with van der Waals surface area (Å²) in [7, 11) is 0. The van der Waals surface area contributed by atoms with E-state index in [1.54, 1.807) is 12.1 Å². The van der Waals surface area contributed by atoms with Crippen molar-refractivity contribution in [3.63, 3.8) is 0 Å². The molecule has 3 rings (SSSR count). The van der Waals surface area contributed by atoms with Crippen molar-refractivity contribution in [3.8, 4) is 5.75 Å². The van der Waals surface area contributed by atoms with Crippen LogP contribution in [0.5, 0.6) is 5.75 Å². The highest BCUT2D eigenvalue weighted by molar-refractivity contribution is 5.95. The molecule has 1 aromatic carbocycles. The van der Waals surface area contributed by atoms with Gasteiger partial charge in [-0.1, -0.05) is 19.1 Å². The standard InChI is InChI=1S/C21H29N3O2/c1-3-13-23-15-20(16(2)22-23)21(26)24-14-5-4-6-18(24)10-7-17-8-11-19(25)12-9-17/h8-9,11-12,15,18,25H,3-7,10,13-14H2,1-2H3. The number of phenols is 1. The van der Waals surface area contributed by atoms with Crippen LogP contribution in [0.1, 0.15) is 60.6 Å². The van der Waals surface area contributed by atoms with Gasteiger partial charge in [0.1, 0.15) is 5.75 Å². The van der Waals surface area contributed by atoms with E-state index in [0.717, 1.165) is 56.5 Å². The van der Waals surface area contributed by atoms with Crippen molar-refractivity contribution >= 4 is 5.91 Å². The van der Waals surface area contributed by atoms with Crippen LogP contribution in [-0.2, 0) is 13.0 Å². The minimum absolute atomic E-state index is 0.125. The van der Waals surface area contributed by atoms with Gasteiger partial charge < -0.3 is 10.0 Å². The summed E-state index contributed by atoms with van der Waals surface area (Å²) in [5, 5.41) is 13.9. The van der Waals surface area contributed by atoms with E-state index in [4.69, 9.17) is 0 Å². The average molecular weight is 355 g/mol. The maximum Gasteiger partial charge on any atom is 0.257 e. The summed E-state index contributed by atoms with van der Waals surface area (Å²) in [4.78, 5) is 15.2. The molecule has 0 spiro atoms. The SMILES string of the molecule is CCCn1cc(C(=O)N2CCCCC2CCc2ccc(O)cc2)c(C)n1. The number of carbonyl (C=O) groups is 1. The van der Waals surface area contributed by atoms with Crippen molar-refractivity contribution in [3.05, 3.63) is 47.3 Å². The monoisotopic (exact) mass is 355 g/mol. The van der Waals surface area contributed by atoms with Gasteiger partial charge in [0.05, 0.1) is 11.3 Å². The molecule has 2 heterocycles. The highest BCUT2D eigenvalue weighted by Gasteiger charge is 2.29. The number of hydrogen-bond donors (Lipinski definition) is 1. The van der Waals surface area contributed by atoms with E-state index < -0.39 is 0 Å². The molecular weight excluding hydrogens is 326 g/mol. The van der Waals surface area contributed by atoms with Gasteiger partial charge in [0.25, 0.3) is 5.91 Å². The Morgan fingerprint density at radius 1 is 1.27 bits per heavy atom. The normalized spacial score (nSPS) is 17.5. The van der Waals surface area contributed by atoms with Crippen molar-refractivity contribution in [1.29, 1.82) is 0 Å². The van der Waals surface area contributed by atoms with Gasteiger partial charge in [-0.2, -0.15) is 5.10 Å². The molecule has 26 heavy (non-hydrogen) atoms. The van der Waals surface area contributed by atoms with E-state index in [9.17, 15) is 9.90 Å². The van der Waals surface area contributed by atoms with Crippen LogP contribution in [0.2, 0.25) is 0 Å². The number of aromatic hydroxyl groups is 1. The molecule has 5 heteroatoms. The fourth-order valence-corrected chi connectivity index (χ4v) is 3.79. The minimum atomic E-state index is 0.125. The van der Waals surface area contributed by atoms with E-state index in [1.807, 2.05) is 29.9 Å². The third-order valence-electron chi connectivity index (χ3n) is 5.22. The van der Waals surface area contributed by atoms with Gasteiger partial charge in [0.2, 0.25) is 0 Å². The van der Waals surface area contributed by atoms with E-state index in [1.165, 1.54) is 12.0 Å². The lowest BCUT2D eigenvalue weighted by Crippen LogP contribution is -2.44. The summed E-state index contributed by atoms with van der Waals surface area (Å²) >= 11 is 0. The molecular formula is C21H29N3O2. The Hall–Kier alpha value is -2.30. The van der Waals surface area contributed by atoms with E-state index in [0.29, 0.717) is 5.75 Å². The zero-order valence-corrected chi connectivity index (χ0v) is 15.8. The van der Waals surface area contributed by atoms with Crippen LogP contribution >= 0.6 is 0 Å². The molecule has 5 nitrogen and oxygen atoms in total. The third kappa shape index (κ3) is 4.26. The molecule has 2 aromatic rings. The Labute approximate surface area is 155 Å². The average Bonchev–Trinajstić information content (AvgIpc) is 3.01. The summed E-state index contributed by atoms with van der Waals surface area (Å²) in [6.45, 7) is 5.72. The lowest BCUT2D eigenvalue weighted by atomic mass is 9.95. The van der Waals surface area contributed by atoms with Crippen LogP contribution in [0.3, 0.4) is 0 Å². The second-order valence-electron chi connectivity index (χ2n) is 7.24. The van der Waals surface area contributed by atoms with Gasteiger partial charge in [-0.25, -0.2) is 0 Å². The van der Waals surface area contributed by atoms with Crippen LogP contribution in [0.25, 0.3) is 0 Å². The van der Waals surface area contributed by atoms with Crippen molar-refractivity contribution in [2.75, 3.05) is 6.54 Å². The first kappa shape index (κ1) is 18.5. The number of piperidine rings is 1. The first-order valence-electron chi connectivity index (χ1n) is 9.71. The van der Waals surface area contributed by atoms with Crippen LogP contribution in [-0.4, -0.2) is 38.3 Å². The molecule has 1 atom stereocenters. The first-order valence-corrected chi connectivity index (χ1v) is 9.71. The summed E-state index contributed by atoms with van der Waals surface area (Å²) < 4.78 is 1.89. The number of hydrogen-bond acceptors (Lipinski definition) is 3. The second kappa shape index (κ2) is 8.39. The topological polar surface area (TPSA) is 58.4 Å².